The molecule has 1 amide bonds. The number of aromatic amines is 1. The van der Waals surface area contributed by atoms with Crippen LogP contribution in [-0.2, 0) is 17.7 Å². The highest BCUT2D eigenvalue weighted by molar-refractivity contribution is 6.42. The number of hydrogen-bond donors (Lipinski definition) is 3. The summed E-state index contributed by atoms with van der Waals surface area (Å²) in [4.78, 5) is 27.6. The van der Waals surface area contributed by atoms with Gasteiger partial charge in [0.05, 0.1) is 16.7 Å². The summed E-state index contributed by atoms with van der Waals surface area (Å²) in [7, 11) is 1.56. The Morgan fingerprint density at radius 1 is 1.36 bits per heavy atom. The van der Waals surface area contributed by atoms with Crippen molar-refractivity contribution >= 4 is 29.1 Å². The number of ether oxygens (including phenoxy) is 1. The van der Waals surface area contributed by atoms with Crippen molar-refractivity contribution in [3.05, 3.63) is 67.0 Å². The number of fused-ring (bicyclic) bond motifs is 1. The summed E-state index contributed by atoms with van der Waals surface area (Å²) in [6.07, 6.45) is 2.64. The summed E-state index contributed by atoms with van der Waals surface area (Å²) in [5.74, 6) is -0.400. The first-order valence-electron chi connectivity index (χ1n) is 9.20. The topological polar surface area (TPSA) is 83.2 Å². The van der Waals surface area contributed by atoms with Gasteiger partial charge in [-0.1, -0.05) is 35.3 Å². The molecule has 1 aliphatic carbocycles. The van der Waals surface area contributed by atoms with E-state index >= 15 is 0 Å². The van der Waals surface area contributed by atoms with Gasteiger partial charge in [0.2, 0.25) is 0 Å². The van der Waals surface area contributed by atoms with Crippen molar-refractivity contribution in [2.75, 3.05) is 20.3 Å². The van der Waals surface area contributed by atoms with E-state index in [1.807, 2.05) is 12.1 Å². The molecule has 0 spiro atoms. The number of methoxy groups -OCH3 is 1. The van der Waals surface area contributed by atoms with Crippen LogP contribution in [0.25, 0.3) is 0 Å². The van der Waals surface area contributed by atoms with Gasteiger partial charge in [0.25, 0.3) is 11.5 Å². The van der Waals surface area contributed by atoms with Gasteiger partial charge in [-0.25, -0.2) is 0 Å². The number of amides is 1. The maximum absolute atomic E-state index is 12.4. The fourth-order valence-corrected chi connectivity index (χ4v) is 3.79. The molecule has 1 aromatic heterocycles. The molecular formula is C20H23Cl2N3O3. The van der Waals surface area contributed by atoms with Gasteiger partial charge in [0, 0.05) is 31.9 Å². The zero-order valence-electron chi connectivity index (χ0n) is 15.6. The van der Waals surface area contributed by atoms with E-state index in [9.17, 15) is 9.59 Å². The molecule has 8 heteroatoms. The van der Waals surface area contributed by atoms with Gasteiger partial charge < -0.3 is 20.4 Å². The molecular weight excluding hydrogens is 401 g/mol. The molecule has 0 saturated heterocycles. The van der Waals surface area contributed by atoms with Gasteiger partial charge >= 0.3 is 0 Å². The Bertz CT molecular complexity index is 914. The second-order valence-electron chi connectivity index (χ2n) is 6.73. The van der Waals surface area contributed by atoms with Crippen LogP contribution in [0.1, 0.15) is 46.1 Å². The normalized spacial score (nSPS) is 15.9. The van der Waals surface area contributed by atoms with E-state index in [4.69, 9.17) is 27.9 Å². The molecule has 1 unspecified atom stereocenters. The predicted octanol–water partition coefficient (Wildman–Crippen LogP) is 3.23. The summed E-state index contributed by atoms with van der Waals surface area (Å²) < 4.78 is 4.93. The molecule has 2 aromatic rings. The molecule has 3 N–H and O–H groups in total. The molecule has 1 aliphatic rings. The molecule has 0 fully saturated rings. The van der Waals surface area contributed by atoms with E-state index in [-0.39, 0.29) is 17.2 Å². The third-order valence-corrected chi connectivity index (χ3v) is 5.72. The molecule has 1 heterocycles. The minimum absolute atomic E-state index is 0.0150. The van der Waals surface area contributed by atoms with Crippen LogP contribution in [0.4, 0.5) is 0 Å². The third kappa shape index (κ3) is 4.75. The summed E-state index contributed by atoms with van der Waals surface area (Å²) in [5, 5.41) is 7.23. The van der Waals surface area contributed by atoms with Gasteiger partial charge in [-0.2, -0.15) is 0 Å². The zero-order valence-corrected chi connectivity index (χ0v) is 17.1. The van der Waals surface area contributed by atoms with E-state index < -0.39 is 5.91 Å². The van der Waals surface area contributed by atoms with E-state index in [1.54, 1.807) is 19.2 Å². The largest absolute Gasteiger partial charge is 0.383 e. The van der Waals surface area contributed by atoms with Crippen molar-refractivity contribution in [2.24, 2.45) is 0 Å². The molecule has 6 nitrogen and oxygen atoms in total. The van der Waals surface area contributed by atoms with Crippen LogP contribution < -0.4 is 16.2 Å². The third-order valence-electron chi connectivity index (χ3n) is 4.86. The Kier molecular flexibility index (Phi) is 7.13. The fourth-order valence-electron chi connectivity index (χ4n) is 3.40. The highest BCUT2D eigenvalue weighted by atomic mass is 35.5. The molecule has 0 saturated carbocycles. The minimum Gasteiger partial charge on any atom is -0.383 e. The molecule has 150 valence electrons. The number of pyridine rings is 1. The van der Waals surface area contributed by atoms with Crippen LogP contribution in [0.2, 0.25) is 10.0 Å². The van der Waals surface area contributed by atoms with Gasteiger partial charge in [0.1, 0.15) is 5.56 Å². The van der Waals surface area contributed by atoms with Crippen molar-refractivity contribution in [3.8, 4) is 0 Å². The number of H-pyrrole nitrogens is 1. The predicted molar refractivity (Wildman–Crippen MR) is 110 cm³/mol. The molecule has 1 aromatic carbocycles. The highest BCUT2D eigenvalue weighted by Crippen LogP contribution is 2.30. The number of halogens is 2. The Balaban J connectivity index is 1.80. The molecule has 28 heavy (non-hydrogen) atoms. The molecule has 0 bridgehead atoms. The van der Waals surface area contributed by atoms with Gasteiger partial charge in [-0.3, -0.25) is 9.59 Å². The lowest BCUT2D eigenvalue weighted by atomic mass is 9.90. The summed E-state index contributed by atoms with van der Waals surface area (Å²) >= 11 is 12.4. The molecule has 3 rings (SSSR count). The monoisotopic (exact) mass is 423 g/mol. The highest BCUT2D eigenvalue weighted by Gasteiger charge is 2.24. The first-order valence-corrected chi connectivity index (χ1v) is 9.96. The summed E-state index contributed by atoms with van der Waals surface area (Å²) in [5.41, 5.74) is 2.47. The Hall–Kier alpha value is -1.86. The van der Waals surface area contributed by atoms with E-state index in [0.717, 1.165) is 36.1 Å². The average Bonchev–Trinajstić information content (AvgIpc) is 2.68. The van der Waals surface area contributed by atoms with Crippen LogP contribution >= 0.6 is 23.2 Å². The Morgan fingerprint density at radius 3 is 2.96 bits per heavy atom. The molecule has 1 atom stereocenters. The van der Waals surface area contributed by atoms with E-state index in [1.165, 1.54) is 0 Å². The number of carbonyl (C=O) groups is 1. The maximum Gasteiger partial charge on any atom is 0.261 e. The van der Waals surface area contributed by atoms with Crippen molar-refractivity contribution in [2.45, 2.75) is 31.8 Å². The summed E-state index contributed by atoms with van der Waals surface area (Å²) in [6.45, 7) is 1.28. The molecule has 0 radical (unpaired) electrons. The lowest BCUT2D eigenvalue weighted by Gasteiger charge is -2.27. The minimum atomic E-state index is -0.400. The van der Waals surface area contributed by atoms with Crippen LogP contribution in [0.3, 0.4) is 0 Å². The van der Waals surface area contributed by atoms with Crippen molar-refractivity contribution in [3.63, 3.8) is 0 Å². The number of carbonyl (C=O) groups excluding carboxylic acids is 1. The Labute approximate surface area is 173 Å². The number of hydrogen-bond acceptors (Lipinski definition) is 4. The van der Waals surface area contributed by atoms with Gasteiger partial charge in [-0.15, -0.1) is 0 Å². The maximum atomic E-state index is 12.4. The lowest BCUT2D eigenvalue weighted by molar-refractivity contribution is 0.0935. The van der Waals surface area contributed by atoms with Gasteiger partial charge in [0.15, 0.2) is 0 Å². The SMILES string of the molecule is COCCNC(=O)c1cc2c([nH]c1=O)CCCC2NCc1cccc(Cl)c1Cl. The van der Waals surface area contributed by atoms with Crippen LogP contribution in [0, 0.1) is 0 Å². The van der Waals surface area contributed by atoms with Crippen LogP contribution in [0.15, 0.2) is 29.1 Å². The quantitative estimate of drug-likeness (QED) is 0.596. The first kappa shape index (κ1) is 20.9. The van der Waals surface area contributed by atoms with Crippen molar-refractivity contribution < 1.29 is 9.53 Å². The number of benzene rings is 1. The molecule has 0 aliphatic heterocycles. The average molecular weight is 424 g/mol. The van der Waals surface area contributed by atoms with Crippen LogP contribution in [-0.4, -0.2) is 31.2 Å². The van der Waals surface area contributed by atoms with Gasteiger partial charge in [-0.05, 0) is 42.5 Å². The smallest absolute Gasteiger partial charge is 0.261 e. The number of aryl methyl sites for hydroxylation is 1. The number of aromatic nitrogens is 1. The van der Waals surface area contributed by atoms with E-state index in [0.29, 0.717) is 29.7 Å². The van der Waals surface area contributed by atoms with E-state index in [2.05, 4.69) is 15.6 Å². The van der Waals surface area contributed by atoms with Crippen molar-refractivity contribution in [1.29, 1.82) is 0 Å². The second kappa shape index (κ2) is 9.56. The Morgan fingerprint density at radius 2 is 2.18 bits per heavy atom. The standard InChI is InChI=1S/C20H23Cl2N3O3/c1-28-9-8-23-19(26)14-10-13-16(6-3-7-17(13)25-20(14)27)24-11-12-4-2-5-15(21)18(12)22/h2,4-5,10,16,24H,3,6-9,11H2,1H3,(H,23,26)(H,25,27). The first-order chi connectivity index (χ1) is 13.5. The summed E-state index contributed by atoms with van der Waals surface area (Å²) in [6, 6.07) is 7.25. The van der Waals surface area contributed by atoms with Crippen LogP contribution in [0.5, 0.6) is 0 Å². The second-order valence-corrected chi connectivity index (χ2v) is 7.52. The zero-order chi connectivity index (χ0) is 20.1. The fraction of sp³-hybridized carbons (Fsp3) is 0.400. The lowest BCUT2D eigenvalue weighted by Crippen LogP contribution is -2.34. The van der Waals surface area contributed by atoms with Crippen molar-refractivity contribution in [1.82, 2.24) is 15.6 Å². The number of rotatable bonds is 7. The number of nitrogens with one attached hydrogen (secondary N) is 3.